The van der Waals surface area contributed by atoms with Crippen LogP contribution in [0.4, 0.5) is 8.78 Å². The maximum absolute atomic E-state index is 14.1. The minimum absolute atomic E-state index is 0.103. The Morgan fingerprint density at radius 3 is 2.30 bits per heavy atom. The van der Waals surface area contributed by atoms with E-state index in [9.17, 15) is 28.0 Å². The van der Waals surface area contributed by atoms with E-state index >= 15 is 0 Å². The molecule has 242 valence electrons. The summed E-state index contributed by atoms with van der Waals surface area (Å²) in [6.45, 7) is 4.18. The molecule has 0 unspecified atom stereocenters. The lowest BCUT2D eigenvalue weighted by atomic mass is 9.71. The third-order valence-electron chi connectivity index (χ3n) is 10.4. The van der Waals surface area contributed by atoms with Crippen LogP contribution in [0.15, 0.2) is 11.7 Å². The van der Waals surface area contributed by atoms with E-state index in [0.717, 1.165) is 32.1 Å². The summed E-state index contributed by atoms with van der Waals surface area (Å²) in [5.41, 5.74) is 0.781. The predicted molar refractivity (Wildman–Crippen MR) is 158 cm³/mol. The zero-order chi connectivity index (χ0) is 31.1. The molecule has 2 aliphatic carbocycles. The molecular formula is C31H43F2N5O5S. The summed E-state index contributed by atoms with van der Waals surface area (Å²) in [5.74, 6) is -5.97. The number of piperidine rings is 1. The maximum Gasteiger partial charge on any atom is 0.265 e. The summed E-state index contributed by atoms with van der Waals surface area (Å²) in [6, 6.07) is -0.893. The van der Waals surface area contributed by atoms with Crippen LogP contribution in [0.5, 0.6) is 0 Å². The maximum atomic E-state index is 14.1. The van der Waals surface area contributed by atoms with Crippen molar-refractivity contribution in [3.8, 4) is 0 Å². The largest absolute Gasteiger partial charge is 0.376 e. The van der Waals surface area contributed by atoms with E-state index in [4.69, 9.17) is 4.74 Å². The number of rotatable bonds is 9. The van der Waals surface area contributed by atoms with E-state index in [2.05, 4.69) is 10.3 Å². The highest BCUT2D eigenvalue weighted by Crippen LogP contribution is 2.52. The minimum Gasteiger partial charge on any atom is -0.376 e. The van der Waals surface area contributed by atoms with E-state index in [-0.39, 0.29) is 43.9 Å². The molecule has 1 aromatic heterocycles. The van der Waals surface area contributed by atoms with E-state index < -0.39 is 47.6 Å². The molecule has 1 aromatic rings. The number of halogens is 2. The van der Waals surface area contributed by atoms with Crippen molar-refractivity contribution >= 4 is 35.0 Å². The lowest BCUT2D eigenvalue weighted by Crippen LogP contribution is -2.65. The molecule has 4 amide bonds. The normalized spacial score (nSPS) is 27.5. The Balaban J connectivity index is 1.18. The predicted octanol–water partition coefficient (Wildman–Crippen LogP) is 3.18. The topological polar surface area (TPSA) is 112 Å². The molecule has 0 bridgehead atoms. The first-order valence-electron chi connectivity index (χ1n) is 16.1. The van der Waals surface area contributed by atoms with E-state index in [1.54, 1.807) is 15.3 Å². The molecule has 4 heterocycles. The first-order valence-corrected chi connectivity index (χ1v) is 17.0. The average Bonchev–Trinajstić information content (AvgIpc) is 3.38. The number of alkyl halides is 2. The molecule has 6 rings (SSSR count). The highest BCUT2D eigenvalue weighted by atomic mass is 32.1. The van der Waals surface area contributed by atoms with Crippen LogP contribution < -0.4 is 5.32 Å². The second-order valence-electron chi connectivity index (χ2n) is 13.6. The number of thiazole rings is 1. The van der Waals surface area contributed by atoms with Crippen molar-refractivity contribution in [1.29, 1.82) is 0 Å². The van der Waals surface area contributed by atoms with Crippen molar-refractivity contribution < 1.29 is 32.7 Å². The number of likely N-dealkylation sites (tertiary alicyclic amines) is 3. The van der Waals surface area contributed by atoms with Crippen molar-refractivity contribution in [2.45, 2.75) is 82.8 Å². The molecule has 3 aliphatic heterocycles. The molecular weight excluding hydrogens is 592 g/mol. The number of carbonyl (C=O) groups is 4. The molecule has 1 spiro atoms. The first-order chi connectivity index (χ1) is 21.1. The third-order valence-corrected chi connectivity index (χ3v) is 11.1. The Labute approximate surface area is 260 Å². The monoisotopic (exact) mass is 635 g/mol. The summed E-state index contributed by atoms with van der Waals surface area (Å²) in [4.78, 5) is 63.2. The molecule has 44 heavy (non-hydrogen) atoms. The van der Waals surface area contributed by atoms with Gasteiger partial charge in [-0.05, 0) is 44.9 Å². The quantitative estimate of drug-likeness (QED) is 0.446. The molecule has 5 aliphatic rings. The molecule has 4 atom stereocenters. The third kappa shape index (κ3) is 6.36. The standard InChI is InChI=1S/C31H43F2N5O5S/c1-20(43-15-21-8-4-2-5-9-21)25(29(42)36-10-6-3-7-11-36)35-26(39)23-14-37(28(41)24-13-34-19-44-24)16-30(23)17-38(18-30)27(40)22-12-31(22,32)33/h13,19-23,25H,2-12,14-18H2,1H3,(H,35,39)/t20-,22-,23+,25+/m1/s1. The summed E-state index contributed by atoms with van der Waals surface area (Å²) >= 11 is 1.20. The summed E-state index contributed by atoms with van der Waals surface area (Å²) in [7, 11) is 0. The molecule has 2 saturated carbocycles. The zero-order valence-electron chi connectivity index (χ0n) is 25.3. The van der Waals surface area contributed by atoms with Gasteiger partial charge in [-0.15, -0.1) is 11.3 Å². The van der Waals surface area contributed by atoms with Crippen LogP contribution >= 0.6 is 11.3 Å². The zero-order valence-corrected chi connectivity index (χ0v) is 26.2. The summed E-state index contributed by atoms with van der Waals surface area (Å²) in [5, 5.41) is 3.03. The van der Waals surface area contributed by atoms with Gasteiger partial charge in [0.15, 0.2) is 0 Å². The molecule has 0 aromatic carbocycles. The van der Waals surface area contributed by atoms with Gasteiger partial charge in [0.1, 0.15) is 16.8 Å². The second-order valence-corrected chi connectivity index (χ2v) is 14.5. The molecule has 3 saturated heterocycles. The van der Waals surface area contributed by atoms with Crippen LogP contribution in [-0.2, 0) is 19.1 Å². The van der Waals surface area contributed by atoms with Gasteiger partial charge in [0.05, 0.1) is 23.7 Å². The number of aromatic nitrogens is 1. The molecule has 0 radical (unpaired) electrons. The van der Waals surface area contributed by atoms with Crippen molar-refractivity contribution in [2.24, 2.45) is 23.2 Å². The Morgan fingerprint density at radius 1 is 1.00 bits per heavy atom. The van der Waals surface area contributed by atoms with Crippen LogP contribution in [-0.4, -0.2) is 107 Å². The van der Waals surface area contributed by atoms with Crippen LogP contribution in [0.1, 0.15) is 74.4 Å². The Hall–Kier alpha value is -2.67. The fourth-order valence-electron chi connectivity index (χ4n) is 7.54. The van der Waals surface area contributed by atoms with Crippen molar-refractivity contribution in [3.05, 3.63) is 16.6 Å². The lowest BCUT2D eigenvalue weighted by Gasteiger charge is -2.50. The van der Waals surface area contributed by atoms with Gasteiger partial charge in [0.2, 0.25) is 17.7 Å². The molecule has 10 nitrogen and oxygen atoms in total. The Kier molecular flexibility index (Phi) is 8.98. The smallest absolute Gasteiger partial charge is 0.265 e. The van der Waals surface area contributed by atoms with Crippen LogP contribution in [0.3, 0.4) is 0 Å². The number of ether oxygens (including phenoxy) is 1. The van der Waals surface area contributed by atoms with Gasteiger partial charge in [-0.25, -0.2) is 8.78 Å². The van der Waals surface area contributed by atoms with Gasteiger partial charge in [-0.3, -0.25) is 24.2 Å². The highest BCUT2D eigenvalue weighted by Gasteiger charge is 2.66. The SMILES string of the molecule is C[C@@H](OCC1CCCCC1)[C@H](NC(=O)[C@@H]1CN(C(=O)c2cncs2)CC12CN(C(=O)[C@H]1CC1(F)F)C2)C(=O)N1CCCCC1. The fraction of sp³-hybridized carbons (Fsp3) is 0.774. The number of nitrogens with zero attached hydrogens (tertiary/aromatic N) is 4. The van der Waals surface area contributed by atoms with Gasteiger partial charge in [0.25, 0.3) is 11.8 Å². The number of amides is 4. The Morgan fingerprint density at radius 2 is 1.66 bits per heavy atom. The number of hydrogen-bond acceptors (Lipinski definition) is 7. The number of carbonyl (C=O) groups excluding carboxylic acids is 4. The van der Waals surface area contributed by atoms with Crippen LogP contribution in [0, 0.1) is 23.2 Å². The lowest BCUT2D eigenvalue weighted by molar-refractivity contribution is -0.154. The minimum atomic E-state index is -2.98. The van der Waals surface area contributed by atoms with E-state index in [1.165, 1.54) is 41.7 Å². The number of nitrogens with one attached hydrogen (secondary N) is 1. The number of hydrogen-bond donors (Lipinski definition) is 1. The van der Waals surface area contributed by atoms with Gasteiger partial charge in [0, 0.05) is 57.7 Å². The average molecular weight is 636 g/mol. The second kappa shape index (κ2) is 12.6. The fourth-order valence-corrected chi connectivity index (χ4v) is 8.12. The van der Waals surface area contributed by atoms with Crippen LogP contribution in [0.2, 0.25) is 0 Å². The van der Waals surface area contributed by atoms with Crippen molar-refractivity contribution in [2.75, 3.05) is 45.9 Å². The van der Waals surface area contributed by atoms with Gasteiger partial charge < -0.3 is 24.8 Å². The Bertz CT molecular complexity index is 1230. The van der Waals surface area contributed by atoms with E-state index in [0.29, 0.717) is 30.5 Å². The van der Waals surface area contributed by atoms with Crippen molar-refractivity contribution in [1.82, 2.24) is 25.0 Å². The van der Waals surface area contributed by atoms with E-state index in [1.807, 2.05) is 6.92 Å². The van der Waals surface area contributed by atoms with Crippen LogP contribution in [0.25, 0.3) is 0 Å². The summed E-state index contributed by atoms with van der Waals surface area (Å²) < 4.78 is 33.6. The first kappa shape index (κ1) is 31.3. The van der Waals surface area contributed by atoms with Crippen molar-refractivity contribution in [3.63, 3.8) is 0 Å². The van der Waals surface area contributed by atoms with Gasteiger partial charge in [-0.2, -0.15) is 0 Å². The molecule has 5 fully saturated rings. The van der Waals surface area contributed by atoms with Gasteiger partial charge >= 0.3 is 0 Å². The van der Waals surface area contributed by atoms with Gasteiger partial charge in [-0.1, -0.05) is 19.3 Å². The molecule has 13 heteroatoms. The molecule has 1 N–H and O–H groups in total. The summed E-state index contributed by atoms with van der Waals surface area (Å²) in [6.07, 6.45) is 9.13. The highest BCUT2D eigenvalue weighted by molar-refractivity contribution is 7.11.